The Balaban J connectivity index is 1.23. The van der Waals surface area contributed by atoms with Gasteiger partial charge in [0.25, 0.3) is 0 Å². The van der Waals surface area contributed by atoms with Gasteiger partial charge in [0.15, 0.2) is 5.82 Å². The molecule has 2 unspecified atom stereocenters. The summed E-state index contributed by atoms with van der Waals surface area (Å²) < 4.78 is 10.7. The normalized spacial score (nSPS) is 22.0. The third-order valence-corrected chi connectivity index (χ3v) is 5.90. The summed E-state index contributed by atoms with van der Waals surface area (Å²) in [5, 5.41) is 16.7. The van der Waals surface area contributed by atoms with Crippen LogP contribution in [0.25, 0.3) is 0 Å². The molecule has 2 heterocycles. The molecule has 2 amide bonds. The molecular weight excluding hydrogens is 386 g/mol. The lowest BCUT2D eigenvalue weighted by Gasteiger charge is -2.23. The topological polar surface area (TPSA) is 122 Å². The summed E-state index contributed by atoms with van der Waals surface area (Å²) in [6, 6.07) is 3.83. The second-order valence-electron chi connectivity index (χ2n) is 8.38. The quantitative estimate of drug-likeness (QED) is 0.663. The van der Waals surface area contributed by atoms with Gasteiger partial charge in [-0.3, -0.25) is 9.89 Å². The minimum absolute atomic E-state index is 0.0883. The average molecular weight is 415 g/mol. The zero-order chi connectivity index (χ0) is 20.9. The van der Waals surface area contributed by atoms with Crippen LogP contribution in [0.1, 0.15) is 74.4 Å². The van der Waals surface area contributed by atoms with Gasteiger partial charge in [0, 0.05) is 29.8 Å². The first kappa shape index (κ1) is 20.4. The van der Waals surface area contributed by atoms with E-state index in [4.69, 9.17) is 9.26 Å². The maximum atomic E-state index is 12.2. The molecule has 2 saturated carbocycles. The molecule has 2 aliphatic rings. The second-order valence-corrected chi connectivity index (χ2v) is 8.38. The largest absolute Gasteiger partial charge is 0.446 e. The number of hydrogen-bond acceptors (Lipinski definition) is 6. The summed E-state index contributed by atoms with van der Waals surface area (Å²) in [6.45, 7) is 1.81. The third kappa shape index (κ3) is 5.40. The van der Waals surface area contributed by atoms with Crippen molar-refractivity contribution in [2.45, 2.75) is 82.8 Å². The van der Waals surface area contributed by atoms with Crippen molar-refractivity contribution >= 4 is 17.8 Å². The van der Waals surface area contributed by atoms with Crippen LogP contribution in [0.2, 0.25) is 0 Å². The third-order valence-electron chi connectivity index (χ3n) is 5.90. The number of aromatic nitrogens is 3. The minimum Gasteiger partial charge on any atom is -0.446 e. The van der Waals surface area contributed by atoms with Crippen LogP contribution in [-0.4, -0.2) is 39.5 Å². The predicted octanol–water partition coefficient (Wildman–Crippen LogP) is 3.58. The highest BCUT2D eigenvalue weighted by Crippen LogP contribution is 2.36. The van der Waals surface area contributed by atoms with E-state index < -0.39 is 0 Å². The lowest BCUT2D eigenvalue weighted by Crippen LogP contribution is -2.38. The van der Waals surface area contributed by atoms with E-state index in [0.717, 1.165) is 43.5 Å². The van der Waals surface area contributed by atoms with Crippen LogP contribution in [0.15, 0.2) is 16.7 Å². The summed E-state index contributed by atoms with van der Waals surface area (Å²) in [6.07, 6.45) is 7.90. The number of alkyl carbamates (subject to hydrolysis) is 1. The van der Waals surface area contributed by atoms with Gasteiger partial charge in [0.2, 0.25) is 5.91 Å². The van der Waals surface area contributed by atoms with Crippen LogP contribution >= 0.6 is 0 Å². The molecule has 0 aliphatic heterocycles. The lowest BCUT2D eigenvalue weighted by atomic mass is 9.96. The van der Waals surface area contributed by atoms with Gasteiger partial charge in [0.1, 0.15) is 11.9 Å². The van der Waals surface area contributed by atoms with E-state index in [-0.39, 0.29) is 36.5 Å². The molecule has 30 heavy (non-hydrogen) atoms. The number of ether oxygens (including phenoxy) is 1. The molecule has 0 saturated heterocycles. The number of amides is 2. The van der Waals surface area contributed by atoms with Gasteiger partial charge in [-0.2, -0.15) is 5.10 Å². The van der Waals surface area contributed by atoms with Gasteiger partial charge < -0.3 is 19.9 Å². The fraction of sp³-hybridized carbons (Fsp3) is 0.619. The number of anilines is 1. The molecule has 2 aromatic rings. The minimum atomic E-state index is -0.298. The van der Waals surface area contributed by atoms with Gasteiger partial charge in [-0.15, -0.1) is 0 Å². The first-order chi connectivity index (χ1) is 14.5. The number of nitrogens with one attached hydrogen (secondary N) is 3. The average Bonchev–Trinajstić information content (AvgIpc) is 3.44. The molecule has 0 spiro atoms. The van der Waals surface area contributed by atoms with E-state index in [1.807, 2.05) is 13.0 Å². The summed E-state index contributed by atoms with van der Waals surface area (Å²) in [5.74, 6) is 1.01. The molecule has 0 bridgehead atoms. The van der Waals surface area contributed by atoms with Crippen LogP contribution < -0.4 is 10.6 Å². The number of aryl methyl sites for hydroxylation is 1. The zero-order valence-electron chi connectivity index (χ0n) is 17.3. The number of carbonyl (C=O) groups is 2. The van der Waals surface area contributed by atoms with E-state index >= 15 is 0 Å². The van der Waals surface area contributed by atoms with E-state index in [1.165, 1.54) is 19.3 Å². The summed E-state index contributed by atoms with van der Waals surface area (Å²) >= 11 is 0. The van der Waals surface area contributed by atoms with E-state index in [1.54, 1.807) is 6.07 Å². The van der Waals surface area contributed by atoms with Crippen LogP contribution in [-0.2, 0) is 16.0 Å². The van der Waals surface area contributed by atoms with Gasteiger partial charge in [-0.05, 0) is 39.0 Å². The highest BCUT2D eigenvalue weighted by molar-refractivity contribution is 5.91. The standard InChI is InChI=1S/C21H29N5O4/c1-13-9-17(30-26-13)11-20(27)23-19-12-18(24-25-19)14-7-8-16(10-14)29-21(28)22-15-5-3-2-4-6-15/h9,12,14-16H,2-8,10-11H2,1H3,(H,22,28)(H2,23,24,25,27). The molecule has 0 aromatic carbocycles. The second kappa shape index (κ2) is 9.32. The molecule has 2 aliphatic carbocycles. The summed E-state index contributed by atoms with van der Waals surface area (Å²) in [4.78, 5) is 24.3. The summed E-state index contributed by atoms with van der Waals surface area (Å²) in [5.41, 5.74) is 1.69. The van der Waals surface area contributed by atoms with Crippen molar-refractivity contribution in [2.24, 2.45) is 0 Å². The smallest absolute Gasteiger partial charge is 0.407 e. The number of H-pyrrole nitrogens is 1. The maximum absolute atomic E-state index is 12.2. The number of nitrogens with zero attached hydrogens (tertiary/aromatic N) is 2. The van der Waals surface area contributed by atoms with Gasteiger partial charge in [-0.1, -0.05) is 24.4 Å². The van der Waals surface area contributed by atoms with Crippen molar-refractivity contribution in [2.75, 3.05) is 5.32 Å². The molecule has 2 fully saturated rings. The van der Waals surface area contributed by atoms with E-state index in [0.29, 0.717) is 11.6 Å². The molecule has 2 atom stereocenters. The van der Waals surface area contributed by atoms with Crippen LogP contribution in [0.4, 0.5) is 10.6 Å². The van der Waals surface area contributed by atoms with Crippen LogP contribution in [0.3, 0.4) is 0 Å². The number of aromatic amines is 1. The molecule has 3 N–H and O–H groups in total. The van der Waals surface area contributed by atoms with Gasteiger partial charge in [-0.25, -0.2) is 4.79 Å². The molecule has 162 valence electrons. The fourth-order valence-corrected chi connectivity index (χ4v) is 4.38. The number of hydrogen-bond donors (Lipinski definition) is 3. The lowest BCUT2D eigenvalue weighted by molar-refractivity contribution is -0.115. The van der Waals surface area contributed by atoms with Crippen LogP contribution in [0.5, 0.6) is 0 Å². The first-order valence-corrected chi connectivity index (χ1v) is 10.8. The van der Waals surface area contributed by atoms with Crippen molar-refractivity contribution in [3.8, 4) is 0 Å². The van der Waals surface area contributed by atoms with Crippen molar-refractivity contribution < 1.29 is 18.8 Å². The Morgan fingerprint density at radius 2 is 2.03 bits per heavy atom. The highest BCUT2D eigenvalue weighted by atomic mass is 16.6. The van der Waals surface area contributed by atoms with Gasteiger partial charge in [0.05, 0.1) is 12.1 Å². The monoisotopic (exact) mass is 415 g/mol. The number of rotatable bonds is 6. The fourth-order valence-electron chi connectivity index (χ4n) is 4.38. The Morgan fingerprint density at radius 1 is 1.20 bits per heavy atom. The Bertz CT molecular complexity index is 870. The molecule has 9 heteroatoms. The Labute approximate surface area is 175 Å². The van der Waals surface area contributed by atoms with Crippen molar-refractivity contribution in [3.63, 3.8) is 0 Å². The Hall–Kier alpha value is -2.84. The zero-order valence-corrected chi connectivity index (χ0v) is 17.3. The molecule has 0 radical (unpaired) electrons. The SMILES string of the molecule is Cc1cc(CC(=O)Nc2cc(C3CCC(OC(=O)NC4CCCCC4)C3)[nH]n2)on1. The summed E-state index contributed by atoms with van der Waals surface area (Å²) in [7, 11) is 0. The molecular formula is C21H29N5O4. The highest BCUT2D eigenvalue weighted by Gasteiger charge is 2.30. The Kier molecular flexibility index (Phi) is 6.35. The van der Waals surface area contributed by atoms with E-state index in [9.17, 15) is 9.59 Å². The maximum Gasteiger partial charge on any atom is 0.407 e. The van der Waals surface area contributed by atoms with Crippen molar-refractivity contribution in [1.29, 1.82) is 0 Å². The van der Waals surface area contributed by atoms with Crippen LogP contribution in [0, 0.1) is 6.92 Å². The molecule has 9 nitrogen and oxygen atoms in total. The Morgan fingerprint density at radius 3 is 2.80 bits per heavy atom. The van der Waals surface area contributed by atoms with E-state index in [2.05, 4.69) is 26.0 Å². The van der Waals surface area contributed by atoms with Gasteiger partial charge >= 0.3 is 6.09 Å². The van der Waals surface area contributed by atoms with Crippen molar-refractivity contribution in [3.05, 3.63) is 29.3 Å². The number of carbonyl (C=O) groups excluding carboxylic acids is 2. The predicted molar refractivity (Wildman–Crippen MR) is 109 cm³/mol. The molecule has 2 aromatic heterocycles. The van der Waals surface area contributed by atoms with Crippen molar-refractivity contribution in [1.82, 2.24) is 20.7 Å². The molecule has 4 rings (SSSR count). The first-order valence-electron chi connectivity index (χ1n) is 10.8.